The molecular formula is C19H23ClN2OS. The molecule has 128 valence electrons. The third kappa shape index (κ3) is 3.13. The summed E-state index contributed by atoms with van der Waals surface area (Å²) in [6, 6.07) is 8.29. The molecule has 1 unspecified atom stereocenters. The molecule has 2 saturated heterocycles. The van der Waals surface area contributed by atoms with Gasteiger partial charge in [-0.1, -0.05) is 23.7 Å². The lowest BCUT2D eigenvalue weighted by atomic mass is 9.72. The van der Waals surface area contributed by atoms with Crippen LogP contribution in [0.25, 0.3) is 0 Å². The highest BCUT2D eigenvalue weighted by molar-refractivity contribution is 7.09. The van der Waals surface area contributed by atoms with E-state index in [1.54, 1.807) is 0 Å². The normalized spacial score (nSPS) is 24.0. The molecular weight excluding hydrogens is 340 g/mol. The van der Waals surface area contributed by atoms with Crippen LogP contribution in [0.2, 0.25) is 5.02 Å². The summed E-state index contributed by atoms with van der Waals surface area (Å²) in [5.41, 5.74) is 2.43. The zero-order valence-corrected chi connectivity index (χ0v) is 15.3. The van der Waals surface area contributed by atoms with Crippen molar-refractivity contribution in [1.29, 1.82) is 0 Å². The van der Waals surface area contributed by atoms with Crippen LogP contribution in [0.4, 0.5) is 0 Å². The molecule has 0 amide bonds. The van der Waals surface area contributed by atoms with Crippen molar-refractivity contribution in [2.75, 3.05) is 26.3 Å². The fourth-order valence-electron chi connectivity index (χ4n) is 3.96. The van der Waals surface area contributed by atoms with Crippen LogP contribution >= 0.6 is 22.9 Å². The second-order valence-electron chi connectivity index (χ2n) is 6.82. The van der Waals surface area contributed by atoms with E-state index in [1.807, 2.05) is 23.5 Å². The summed E-state index contributed by atoms with van der Waals surface area (Å²) in [4.78, 5) is 5.12. The molecule has 5 heteroatoms. The van der Waals surface area contributed by atoms with E-state index in [9.17, 15) is 0 Å². The highest BCUT2D eigenvalue weighted by atomic mass is 35.5. The Morgan fingerprint density at radius 2 is 2.17 bits per heavy atom. The zero-order chi connectivity index (χ0) is 16.4. The van der Waals surface area contributed by atoms with Gasteiger partial charge in [0.25, 0.3) is 0 Å². The molecule has 0 bridgehead atoms. The van der Waals surface area contributed by atoms with E-state index in [0.29, 0.717) is 5.92 Å². The number of nitrogens with zero attached hydrogens (tertiary/aromatic N) is 1. The Labute approximate surface area is 152 Å². The number of thiazole rings is 1. The monoisotopic (exact) mass is 362 g/mol. The molecule has 3 heterocycles. The Hall–Kier alpha value is -0.940. The molecule has 2 aliphatic rings. The van der Waals surface area contributed by atoms with Gasteiger partial charge in [-0.3, -0.25) is 0 Å². The molecule has 2 aromatic rings. The Balaban J connectivity index is 1.70. The summed E-state index contributed by atoms with van der Waals surface area (Å²) in [7, 11) is 0. The van der Waals surface area contributed by atoms with E-state index in [1.165, 1.54) is 29.1 Å². The van der Waals surface area contributed by atoms with Crippen LogP contribution in [0.15, 0.2) is 29.6 Å². The third-order valence-corrected chi connectivity index (χ3v) is 6.62. The van der Waals surface area contributed by atoms with E-state index < -0.39 is 0 Å². The van der Waals surface area contributed by atoms with Crippen LogP contribution < -0.4 is 5.32 Å². The van der Waals surface area contributed by atoms with Crippen molar-refractivity contribution >= 4 is 22.9 Å². The molecule has 2 fully saturated rings. The van der Waals surface area contributed by atoms with Crippen molar-refractivity contribution in [3.8, 4) is 0 Å². The Morgan fingerprint density at radius 3 is 2.92 bits per heavy atom. The Morgan fingerprint density at radius 1 is 1.29 bits per heavy atom. The van der Waals surface area contributed by atoms with Gasteiger partial charge in [0.2, 0.25) is 0 Å². The topological polar surface area (TPSA) is 34.2 Å². The summed E-state index contributed by atoms with van der Waals surface area (Å²) in [6.07, 6.45) is 4.43. The number of rotatable bonds is 3. The predicted octanol–water partition coefficient (Wildman–Crippen LogP) is 4.36. The number of halogens is 1. The van der Waals surface area contributed by atoms with Crippen molar-refractivity contribution in [3.05, 3.63) is 50.9 Å². The summed E-state index contributed by atoms with van der Waals surface area (Å²) in [5, 5.41) is 7.85. The molecule has 1 aromatic heterocycles. The average Bonchev–Trinajstić information content (AvgIpc) is 3.14. The van der Waals surface area contributed by atoms with Gasteiger partial charge < -0.3 is 10.1 Å². The number of aromatic nitrogens is 1. The SMILES string of the molecule is Clc1cccc(C2(c3csc(C4CCCNC4)n3)CCOCC2)c1. The maximum absolute atomic E-state index is 6.28. The van der Waals surface area contributed by atoms with Crippen LogP contribution in [0.3, 0.4) is 0 Å². The van der Waals surface area contributed by atoms with Crippen molar-refractivity contribution in [2.24, 2.45) is 0 Å². The molecule has 24 heavy (non-hydrogen) atoms. The van der Waals surface area contributed by atoms with Gasteiger partial charge in [0.15, 0.2) is 0 Å². The molecule has 0 radical (unpaired) electrons. The maximum atomic E-state index is 6.28. The minimum atomic E-state index is -0.0556. The van der Waals surface area contributed by atoms with Crippen LogP contribution in [0.5, 0.6) is 0 Å². The maximum Gasteiger partial charge on any atom is 0.0972 e. The van der Waals surface area contributed by atoms with E-state index in [4.69, 9.17) is 21.3 Å². The van der Waals surface area contributed by atoms with Gasteiger partial charge in [0, 0.05) is 41.5 Å². The van der Waals surface area contributed by atoms with E-state index in [0.717, 1.165) is 44.2 Å². The lowest BCUT2D eigenvalue weighted by Gasteiger charge is -2.36. The molecule has 3 nitrogen and oxygen atoms in total. The highest BCUT2D eigenvalue weighted by Gasteiger charge is 2.39. The first kappa shape index (κ1) is 16.5. The van der Waals surface area contributed by atoms with Gasteiger partial charge >= 0.3 is 0 Å². The first-order valence-corrected chi connectivity index (χ1v) is 10.0. The number of nitrogens with one attached hydrogen (secondary N) is 1. The van der Waals surface area contributed by atoms with Crippen molar-refractivity contribution in [1.82, 2.24) is 10.3 Å². The summed E-state index contributed by atoms with van der Waals surface area (Å²) in [6.45, 7) is 3.76. The second-order valence-corrected chi connectivity index (χ2v) is 8.15. The lowest BCUT2D eigenvalue weighted by molar-refractivity contribution is 0.0620. The minimum Gasteiger partial charge on any atom is -0.381 e. The fourth-order valence-corrected chi connectivity index (χ4v) is 5.20. The number of hydrogen-bond acceptors (Lipinski definition) is 4. The van der Waals surface area contributed by atoms with E-state index in [2.05, 4.69) is 22.8 Å². The summed E-state index contributed by atoms with van der Waals surface area (Å²) >= 11 is 8.11. The second kappa shape index (κ2) is 7.12. The molecule has 0 spiro atoms. The number of benzene rings is 1. The highest BCUT2D eigenvalue weighted by Crippen LogP contribution is 2.43. The average molecular weight is 363 g/mol. The largest absolute Gasteiger partial charge is 0.381 e. The molecule has 0 aliphatic carbocycles. The molecule has 2 aliphatic heterocycles. The smallest absolute Gasteiger partial charge is 0.0972 e. The van der Waals surface area contributed by atoms with Gasteiger partial charge in [-0.2, -0.15) is 0 Å². The lowest BCUT2D eigenvalue weighted by Crippen LogP contribution is -2.35. The first-order chi connectivity index (χ1) is 11.8. The van der Waals surface area contributed by atoms with Crippen LogP contribution in [0.1, 0.15) is 47.9 Å². The third-order valence-electron chi connectivity index (χ3n) is 5.38. The number of ether oxygens (including phenoxy) is 1. The number of hydrogen-bond donors (Lipinski definition) is 1. The molecule has 0 saturated carbocycles. The quantitative estimate of drug-likeness (QED) is 0.880. The summed E-state index contributed by atoms with van der Waals surface area (Å²) in [5.74, 6) is 0.564. The standard InChI is InChI=1S/C19H23ClN2OS/c20-16-5-1-4-15(11-16)19(6-9-23-10-7-19)17-13-24-18(22-17)14-3-2-8-21-12-14/h1,4-5,11,13-14,21H,2-3,6-10,12H2. The zero-order valence-electron chi connectivity index (χ0n) is 13.8. The van der Waals surface area contributed by atoms with Gasteiger partial charge in [0.05, 0.1) is 10.7 Å². The van der Waals surface area contributed by atoms with Crippen molar-refractivity contribution < 1.29 is 4.74 Å². The van der Waals surface area contributed by atoms with Crippen LogP contribution in [-0.2, 0) is 10.2 Å². The van der Waals surface area contributed by atoms with E-state index in [-0.39, 0.29) is 5.41 Å². The van der Waals surface area contributed by atoms with Gasteiger partial charge in [-0.05, 0) is 49.9 Å². The first-order valence-electron chi connectivity index (χ1n) is 8.78. The minimum absolute atomic E-state index is 0.0556. The van der Waals surface area contributed by atoms with Gasteiger partial charge in [-0.15, -0.1) is 11.3 Å². The Kier molecular flexibility index (Phi) is 4.90. The number of piperidine rings is 1. The van der Waals surface area contributed by atoms with Crippen molar-refractivity contribution in [3.63, 3.8) is 0 Å². The Bertz CT molecular complexity index is 690. The van der Waals surface area contributed by atoms with Crippen molar-refractivity contribution in [2.45, 2.75) is 37.0 Å². The summed E-state index contributed by atoms with van der Waals surface area (Å²) < 4.78 is 5.65. The van der Waals surface area contributed by atoms with Gasteiger partial charge in [-0.25, -0.2) is 4.98 Å². The molecule has 1 N–H and O–H groups in total. The predicted molar refractivity (Wildman–Crippen MR) is 99.2 cm³/mol. The van der Waals surface area contributed by atoms with Gasteiger partial charge in [0.1, 0.15) is 0 Å². The molecule has 4 rings (SSSR count). The fraction of sp³-hybridized carbons (Fsp3) is 0.526. The van der Waals surface area contributed by atoms with Crippen LogP contribution in [-0.4, -0.2) is 31.3 Å². The molecule has 1 atom stereocenters. The van der Waals surface area contributed by atoms with Crippen LogP contribution in [0, 0.1) is 0 Å². The van der Waals surface area contributed by atoms with E-state index >= 15 is 0 Å². The molecule has 1 aromatic carbocycles.